The smallest absolute Gasteiger partial charge is 0.329 e. The molecule has 2 aromatic carbocycles. The number of fused-ring (bicyclic) bond motifs is 1. The molecule has 0 bridgehead atoms. The Morgan fingerprint density at radius 2 is 1.77 bits per heavy atom. The van der Waals surface area contributed by atoms with Crippen LogP contribution in [0.3, 0.4) is 0 Å². The van der Waals surface area contributed by atoms with Crippen molar-refractivity contribution in [2.45, 2.75) is 19.5 Å². The van der Waals surface area contributed by atoms with Gasteiger partial charge in [-0.05, 0) is 24.1 Å². The molecule has 1 saturated heterocycles. The molecule has 2 aromatic heterocycles. The first-order valence-corrected chi connectivity index (χ1v) is 11.9. The van der Waals surface area contributed by atoms with Gasteiger partial charge < -0.3 is 9.47 Å². The van der Waals surface area contributed by atoms with Gasteiger partial charge in [0.05, 0.1) is 0 Å². The number of aromatic nitrogens is 4. The Kier molecular flexibility index (Phi) is 6.44. The Labute approximate surface area is 206 Å². The minimum Gasteiger partial charge on any atom is -0.340 e. The van der Waals surface area contributed by atoms with Gasteiger partial charge in [0.2, 0.25) is 5.95 Å². The zero-order chi connectivity index (χ0) is 24.5. The molecule has 182 valence electrons. The van der Waals surface area contributed by atoms with Crippen molar-refractivity contribution in [3.8, 4) is 0 Å². The number of piperazine rings is 1. The lowest BCUT2D eigenvalue weighted by Crippen LogP contribution is -2.47. The summed E-state index contributed by atoms with van der Waals surface area (Å²) in [4.78, 5) is 36.4. The Morgan fingerprint density at radius 1 is 1.03 bits per heavy atom. The molecule has 8 nitrogen and oxygen atoms in total. The third kappa shape index (κ3) is 4.61. The number of rotatable bonds is 6. The number of benzene rings is 2. The van der Waals surface area contributed by atoms with Crippen molar-refractivity contribution in [2.75, 3.05) is 31.1 Å². The van der Waals surface area contributed by atoms with E-state index in [1.165, 1.54) is 10.6 Å². The first-order valence-electron chi connectivity index (χ1n) is 11.6. The predicted octanol–water partition coefficient (Wildman–Crippen LogP) is 2.78. The van der Waals surface area contributed by atoms with Crippen LogP contribution < -0.4 is 16.1 Å². The van der Waals surface area contributed by atoms with Crippen molar-refractivity contribution in [1.29, 1.82) is 0 Å². The van der Waals surface area contributed by atoms with Crippen LogP contribution >= 0.6 is 11.6 Å². The van der Waals surface area contributed by atoms with Crippen molar-refractivity contribution in [1.82, 2.24) is 24.0 Å². The van der Waals surface area contributed by atoms with Crippen molar-refractivity contribution in [3.63, 3.8) is 0 Å². The number of nitrogens with one attached hydrogen (secondary N) is 1. The van der Waals surface area contributed by atoms with Crippen molar-refractivity contribution in [3.05, 3.63) is 91.3 Å². The predicted molar refractivity (Wildman–Crippen MR) is 135 cm³/mol. The Hall–Kier alpha value is -3.43. The molecule has 5 rings (SSSR count). The summed E-state index contributed by atoms with van der Waals surface area (Å²) >= 11 is 6.22. The van der Waals surface area contributed by atoms with Crippen LogP contribution in [-0.4, -0.2) is 50.2 Å². The monoisotopic (exact) mass is 496 g/mol. The van der Waals surface area contributed by atoms with E-state index >= 15 is 0 Å². The second-order valence-corrected chi connectivity index (χ2v) is 9.16. The van der Waals surface area contributed by atoms with Crippen molar-refractivity contribution < 1.29 is 4.39 Å². The van der Waals surface area contributed by atoms with Crippen LogP contribution in [0.2, 0.25) is 5.02 Å². The summed E-state index contributed by atoms with van der Waals surface area (Å²) in [5.74, 6) is 0.356. The highest BCUT2D eigenvalue weighted by Gasteiger charge is 2.25. The zero-order valence-electron chi connectivity index (χ0n) is 19.4. The van der Waals surface area contributed by atoms with Gasteiger partial charge in [-0.3, -0.25) is 19.2 Å². The maximum Gasteiger partial charge on any atom is 0.329 e. The van der Waals surface area contributed by atoms with Gasteiger partial charge in [-0.25, -0.2) is 9.18 Å². The average molecular weight is 497 g/mol. The van der Waals surface area contributed by atoms with E-state index in [0.29, 0.717) is 73.4 Å². The second-order valence-electron chi connectivity index (χ2n) is 8.75. The SMILES string of the molecule is Cn1c(=O)[nH]c(=O)c2c1nc(N1CCN(Cc3c(F)cccc3Cl)CC1)n2CCc1ccccc1. The van der Waals surface area contributed by atoms with Crippen LogP contribution in [0.1, 0.15) is 11.1 Å². The molecule has 1 aliphatic heterocycles. The number of imidazole rings is 1. The van der Waals surface area contributed by atoms with Gasteiger partial charge in [0, 0.05) is 56.9 Å². The molecule has 0 unspecified atom stereocenters. The van der Waals surface area contributed by atoms with E-state index in [0.717, 1.165) is 5.56 Å². The Morgan fingerprint density at radius 3 is 2.49 bits per heavy atom. The third-order valence-corrected chi connectivity index (χ3v) is 6.91. The maximum absolute atomic E-state index is 14.3. The summed E-state index contributed by atoms with van der Waals surface area (Å²) in [6, 6.07) is 14.8. The van der Waals surface area contributed by atoms with Crippen LogP contribution in [0, 0.1) is 5.82 Å². The molecular weight excluding hydrogens is 471 g/mol. The molecule has 10 heteroatoms. The highest BCUT2D eigenvalue weighted by Crippen LogP contribution is 2.24. The number of aryl methyl sites for hydroxylation is 3. The van der Waals surface area contributed by atoms with Crippen molar-refractivity contribution in [2.24, 2.45) is 7.05 Å². The van der Waals surface area contributed by atoms with Crippen LogP contribution in [0.4, 0.5) is 10.3 Å². The fourth-order valence-electron chi connectivity index (χ4n) is 4.57. The molecule has 35 heavy (non-hydrogen) atoms. The molecule has 3 heterocycles. The zero-order valence-corrected chi connectivity index (χ0v) is 20.1. The molecule has 0 atom stereocenters. The number of aromatic amines is 1. The van der Waals surface area contributed by atoms with E-state index in [4.69, 9.17) is 16.6 Å². The highest BCUT2D eigenvalue weighted by molar-refractivity contribution is 6.31. The fraction of sp³-hybridized carbons (Fsp3) is 0.320. The molecule has 1 aliphatic rings. The van der Waals surface area contributed by atoms with Crippen LogP contribution in [0.5, 0.6) is 0 Å². The molecule has 0 spiro atoms. The number of H-pyrrole nitrogens is 1. The average Bonchev–Trinajstić information content (AvgIpc) is 3.25. The topological polar surface area (TPSA) is 79.2 Å². The number of hydrogen-bond donors (Lipinski definition) is 1. The molecule has 1 N–H and O–H groups in total. The third-order valence-electron chi connectivity index (χ3n) is 6.55. The normalized spacial score (nSPS) is 14.7. The Balaban J connectivity index is 1.42. The van der Waals surface area contributed by atoms with E-state index in [1.54, 1.807) is 19.2 Å². The van der Waals surface area contributed by atoms with Crippen LogP contribution in [0.15, 0.2) is 58.1 Å². The van der Waals surface area contributed by atoms with E-state index in [-0.39, 0.29) is 5.82 Å². The van der Waals surface area contributed by atoms with Gasteiger partial charge in [0.15, 0.2) is 11.2 Å². The molecule has 4 aromatic rings. The van der Waals surface area contributed by atoms with E-state index in [9.17, 15) is 14.0 Å². The van der Waals surface area contributed by atoms with Crippen molar-refractivity contribution >= 4 is 28.7 Å². The second kappa shape index (κ2) is 9.67. The summed E-state index contributed by atoms with van der Waals surface area (Å²) in [7, 11) is 1.61. The number of anilines is 1. The molecular formula is C25H26ClFN6O2. The fourth-order valence-corrected chi connectivity index (χ4v) is 4.80. The Bertz CT molecular complexity index is 1450. The summed E-state index contributed by atoms with van der Waals surface area (Å²) in [5, 5.41) is 0.426. The van der Waals surface area contributed by atoms with Gasteiger partial charge in [-0.1, -0.05) is 48.0 Å². The minimum atomic E-state index is -0.492. The first-order chi connectivity index (χ1) is 16.9. The summed E-state index contributed by atoms with van der Waals surface area (Å²) in [5.41, 5.74) is 1.46. The van der Waals surface area contributed by atoms with Crippen LogP contribution in [0.25, 0.3) is 11.2 Å². The molecule has 0 amide bonds. The minimum absolute atomic E-state index is 0.303. The van der Waals surface area contributed by atoms with Gasteiger partial charge in [-0.15, -0.1) is 0 Å². The van der Waals surface area contributed by atoms with E-state index < -0.39 is 11.2 Å². The summed E-state index contributed by atoms with van der Waals surface area (Å²) < 4.78 is 17.5. The summed E-state index contributed by atoms with van der Waals surface area (Å²) in [6.07, 6.45) is 0.716. The lowest BCUT2D eigenvalue weighted by Gasteiger charge is -2.35. The number of hydrogen-bond acceptors (Lipinski definition) is 5. The summed E-state index contributed by atoms with van der Waals surface area (Å²) in [6.45, 7) is 3.63. The van der Waals surface area contributed by atoms with Gasteiger partial charge >= 0.3 is 5.69 Å². The first kappa shape index (κ1) is 23.3. The standard InChI is InChI=1S/C25H26ClFN6O2/c1-30-22-21(23(34)29-25(30)35)33(11-10-17-6-3-2-4-7-17)24(28-22)32-14-12-31(13-15-32)16-18-19(26)8-5-9-20(18)27/h2-9H,10-16H2,1H3,(H,29,34,35). The largest absolute Gasteiger partial charge is 0.340 e. The van der Waals surface area contributed by atoms with E-state index in [1.807, 2.05) is 34.9 Å². The van der Waals surface area contributed by atoms with E-state index in [2.05, 4.69) is 14.8 Å². The maximum atomic E-state index is 14.3. The molecule has 1 fully saturated rings. The number of nitrogens with zero attached hydrogens (tertiary/aromatic N) is 5. The molecule has 0 radical (unpaired) electrons. The molecule has 0 saturated carbocycles. The quantitative estimate of drug-likeness (QED) is 0.444. The molecule has 0 aliphatic carbocycles. The highest BCUT2D eigenvalue weighted by atomic mass is 35.5. The van der Waals surface area contributed by atoms with Gasteiger partial charge in [-0.2, -0.15) is 4.98 Å². The lowest BCUT2D eigenvalue weighted by molar-refractivity contribution is 0.245. The van der Waals surface area contributed by atoms with Gasteiger partial charge in [0.1, 0.15) is 5.82 Å². The van der Waals surface area contributed by atoms with Crippen LogP contribution in [-0.2, 0) is 26.6 Å². The van der Waals surface area contributed by atoms with Gasteiger partial charge in [0.25, 0.3) is 5.56 Å². The number of halogens is 2. The lowest BCUT2D eigenvalue weighted by atomic mass is 10.1.